The summed E-state index contributed by atoms with van der Waals surface area (Å²) in [6.45, 7) is 11.4. The van der Waals surface area contributed by atoms with Crippen molar-refractivity contribution in [2.24, 2.45) is 0 Å². The molecule has 2 heterocycles. The van der Waals surface area contributed by atoms with Gasteiger partial charge in [0, 0.05) is 23.7 Å². The van der Waals surface area contributed by atoms with Crippen LogP contribution >= 0.6 is 14.4 Å². The van der Waals surface area contributed by atoms with Gasteiger partial charge in [-0.1, -0.05) is 91.7 Å². The molecule has 5 aromatic carbocycles. The van der Waals surface area contributed by atoms with Crippen molar-refractivity contribution in [3.63, 3.8) is 0 Å². The highest BCUT2D eigenvalue weighted by Crippen LogP contribution is 2.62. The molecule has 216 valence electrons. The molecular weight excluding hydrogens is 566 g/mol. The van der Waals surface area contributed by atoms with E-state index < -0.39 is 14.4 Å². The molecule has 0 radical (unpaired) electrons. The Balaban J connectivity index is 1.64. The highest BCUT2D eigenvalue weighted by atomic mass is 31.2. The summed E-state index contributed by atoms with van der Waals surface area (Å²) in [6.07, 6.45) is 0. The Morgan fingerprint density at radius 3 is 1.77 bits per heavy atom. The number of hydrogen-bond acceptors (Lipinski definition) is 3. The molecule has 0 aliphatic carbocycles. The summed E-state index contributed by atoms with van der Waals surface area (Å²) in [5.74, 6) is 0. The second kappa shape index (κ2) is 10.2. The number of hydrogen-bond donors (Lipinski definition) is 0. The number of rotatable bonds is 5. The van der Waals surface area contributed by atoms with Gasteiger partial charge in [0.05, 0.1) is 27.7 Å². The van der Waals surface area contributed by atoms with Crippen molar-refractivity contribution in [1.29, 1.82) is 0 Å². The largest absolute Gasteiger partial charge is 0.314 e. The quantitative estimate of drug-likeness (QED) is 0.190. The van der Waals surface area contributed by atoms with Gasteiger partial charge in [0.1, 0.15) is 7.14 Å². The topological polar surface area (TPSA) is 40.6 Å². The predicted octanol–water partition coefficient (Wildman–Crippen LogP) is 8.25. The van der Waals surface area contributed by atoms with Gasteiger partial charge in [-0.2, -0.15) is 0 Å². The summed E-state index contributed by atoms with van der Waals surface area (Å²) in [4.78, 5) is 2.24. The van der Waals surface area contributed by atoms with E-state index in [-0.39, 0.29) is 0 Å². The van der Waals surface area contributed by atoms with Crippen molar-refractivity contribution < 1.29 is 9.13 Å². The monoisotopic (exact) mass is 602 g/mol. The Kier molecular flexibility index (Phi) is 6.67. The van der Waals surface area contributed by atoms with Crippen LogP contribution in [0, 0.1) is 13.8 Å². The first-order valence-corrected chi connectivity index (χ1v) is 18.8. The van der Waals surface area contributed by atoms with E-state index >= 15 is 9.13 Å². The van der Waals surface area contributed by atoms with Crippen LogP contribution in [0.4, 0.5) is 17.1 Å². The third-order valence-electron chi connectivity index (χ3n) is 9.06. The minimum Gasteiger partial charge on any atom is -0.314 e. The van der Waals surface area contributed by atoms with Crippen molar-refractivity contribution in [1.82, 2.24) is 4.67 Å². The first-order chi connectivity index (χ1) is 20.7. The van der Waals surface area contributed by atoms with Gasteiger partial charge >= 0.3 is 0 Å². The number of nitrogens with zero attached hydrogens (tertiary/aromatic N) is 2. The fourth-order valence-corrected chi connectivity index (χ4v) is 12.7. The number of aryl methyl sites for hydroxylation is 2. The predicted molar refractivity (Wildman–Crippen MR) is 184 cm³/mol. The lowest BCUT2D eigenvalue weighted by molar-refractivity contribution is 0.458. The fourth-order valence-electron chi connectivity index (χ4n) is 6.94. The van der Waals surface area contributed by atoms with Gasteiger partial charge in [0.25, 0.3) is 0 Å². The van der Waals surface area contributed by atoms with E-state index in [0.29, 0.717) is 13.1 Å². The normalized spacial score (nSPS) is 20.0. The maximum absolute atomic E-state index is 16.0. The van der Waals surface area contributed by atoms with Crippen molar-refractivity contribution in [3.8, 4) is 22.3 Å². The summed E-state index contributed by atoms with van der Waals surface area (Å²) in [7, 11) is -6.39. The lowest BCUT2D eigenvalue weighted by Crippen LogP contribution is -2.46. The number of fused-ring (bicyclic) bond motifs is 4. The van der Waals surface area contributed by atoms with E-state index in [4.69, 9.17) is 0 Å². The maximum atomic E-state index is 16.0. The van der Waals surface area contributed by atoms with E-state index in [1.165, 1.54) is 0 Å². The Labute approximate surface area is 254 Å². The lowest BCUT2D eigenvalue weighted by atomic mass is 9.94. The molecule has 0 aromatic heterocycles. The Bertz CT molecular complexity index is 2010. The average molecular weight is 603 g/mol. The zero-order valence-corrected chi connectivity index (χ0v) is 27.1. The summed E-state index contributed by atoms with van der Waals surface area (Å²) in [5, 5.41) is 3.26. The molecule has 0 saturated heterocycles. The third kappa shape index (κ3) is 4.08. The van der Waals surface area contributed by atoms with E-state index in [0.717, 1.165) is 71.7 Å². The van der Waals surface area contributed by atoms with E-state index in [1.807, 2.05) is 30.9 Å². The first kappa shape index (κ1) is 28.1. The molecule has 0 amide bonds. The third-order valence-corrected chi connectivity index (χ3v) is 15.0. The molecule has 6 heteroatoms. The van der Waals surface area contributed by atoms with Gasteiger partial charge in [-0.3, -0.25) is 4.57 Å². The summed E-state index contributed by atoms with van der Waals surface area (Å²) in [6, 6.07) is 35.5. The molecule has 0 N–H and O–H groups in total. The summed E-state index contributed by atoms with van der Waals surface area (Å²) < 4.78 is 33.2. The number of anilines is 3. The Morgan fingerprint density at radius 1 is 0.605 bits per heavy atom. The fraction of sp³-hybridized carbons (Fsp3) is 0.189. The van der Waals surface area contributed by atoms with Crippen LogP contribution in [0.5, 0.6) is 0 Å². The van der Waals surface area contributed by atoms with Crippen LogP contribution in [-0.2, 0) is 9.13 Å². The Hall–Kier alpha value is -3.68. The molecule has 2 aliphatic rings. The van der Waals surface area contributed by atoms with Crippen LogP contribution in [0.15, 0.2) is 103 Å². The zero-order chi connectivity index (χ0) is 30.1. The average Bonchev–Trinajstić information content (AvgIpc) is 3.02. The van der Waals surface area contributed by atoms with Crippen LogP contribution in [0.3, 0.4) is 0 Å². The van der Waals surface area contributed by atoms with Crippen LogP contribution in [0.25, 0.3) is 22.3 Å². The minimum absolute atomic E-state index is 0.639. The van der Waals surface area contributed by atoms with Crippen molar-refractivity contribution in [2.75, 3.05) is 24.7 Å². The minimum atomic E-state index is -3.32. The van der Waals surface area contributed by atoms with Gasteiger partial charge < -0.3 is 9.46 Å². The molecule has 4 nitrogen and oxygen atoms in total. The second-order valence-corrected chi connectivity index (χ2v) is 17.2. The molecule has 0 spiro atoms. The highest BCUT2D eigenvalue weighted by molar-refractivity contribution is 7.80. The molecule has 5 aromatic rings. The SMILES string of the molecule is CCN(CC)P1(=O)c2cc(C)ccc2N2c3ccc(C)cc3P(C)(=O)c3cc(-c4ccccc4-c4ccccc4)cc1c32. The van der Waals surface area contributed by atoms with Gasteiger partial charge in [0.15, 0.2) is 0 Å². The van der Waals surface area contributed by atoms with Crippen LogP contribution in [0.2, 0.25) is 0 Å². The van der Waals surface area contributed by atoms with E-state index in [1.54, 1.807) is 0 Å². The van der Waals surface area contributed by atoms with Gasteiger partial charge in [-0.25, -0.2) is 4.67 Å². The molecule has 0 fully saturated rings. The van der Waals surface area contributed by atoms with Crippen molar-refractivity contribution >= 4 is 52.7 Å². The molecule has 0 bridgehead atoms. The molecule has 43 heavy (non-hydrogen) atoms. The summed E-state index contributed by atoms with van der Waals surface area (Å²) >= 11 is 0. The number of benzene rings is 5. The van der Waals surface area contributed by atoms with Crippen LogP contribution in [-0.4, -0.2) is 24.4 Å². The smallest absolute Gasteiger partial charge is 0.211 e. The summed E-state index contributed by atoms with van der Waals surface area (Å²) in [5.41, 5.74) is 8.98. The second-order valence-electron chi connectivity index (χ2n) is 11.7. The lowest BCUT2D eigenvalue weighted by Gasteiger charge is -2.46. The van der Waals surface area contributed by atoms with Gasteiger partial charge in [-0.15, -0.1) is 0 Å². The first-order valence-electron chi connectivity index (χ1n) is 15.0. The van der Waals surface area contributed by atoms with E-state index in [9.17, 15) is 0 Å². The molecule has 7 rings (SSSR count). The molecule has 2 atom stereocenters. The van der Waals surface area contributed by atoms with Crippen molar-refractivity contribution in [2.45, 2.75) is 27.7 Å². The van der Waals surface area contributed by atoms with Gasteiger partial charge in [-0.05, 0) is 79.2 Å². The Morgan fingerprint density at radius 2 is 1.14 bits per heavy atom. The van der Waals surface area contributed by atoms with Crippen LogP contribution < -0.4 is 26.1 Å². The molecule has 2 unspecified atom stereocenters. The maximum Gasteiger partial charge on any atom is 0.211 e. The van der Waals surface area contributed by atoms with Gasteiger partial charge in [0.2, 0.25) is 7.29 Å². The van der Waals surface area contributed by atoms with Crippen molar-refractivity contribution in [3.05, 3.63) is 114 Å². The molecule has 0 saturated carbocycles. The zero-order valence-electron chi connectivity index (χ0n) is 25.3. The highest BCUT2D eigenvalue weighted by Gasteiger charge is 2.49. The van der Waals surface area contributed by atoms with E-state index in [2.05, 4.69) is 116 Å². The molecule has 2 aliphatic heterocycles. The standard InChI is InChI=1S/C37H36N2O2P2/c1-6-38(7-2)43(41)34-22-26(4)18-20-32(34)39-31-19-17-25(3)21-33(31)42(5,40)35-23-28(24-36(43)37(35)39)30-16-12-11-15-29(30)27-13-9-8-10-14-27/h8-24H,6-7H2,1-5H3. The van der Waals surface area contributed by atoms with Crippen LogP contribution in [0.1, 0.15) is 25.0 Å². The molecular formula is C37H36N2O2P2.